The number of hydrogen-bond acceptors (Lipinski definition) is 3. The Bertz CT molecular complexity index is 357. The fourth-order valence-corrected chi connectivity index (χ4v) is 2.11. The van der Waals surface area contributed by atoms with E-state index in [0.29, 0.717) is 6.54 Å². The summed E-state index contributed by atoms with van der Waals surface area (Å²) in [5.41, 5.74) is -0.427. The second kappa shape index (κ2) is 5.39. The van der Waals surface area contributed by atoms with E-state index in [-0.39, 0.29) is 6.09 Å². The van der Waals surface area contributed by atoms with Crippen molar-refractivity contribution in [3.05, 3.63) is 17.0 Å². The number of nitrogens with one attached hydrogen (secondary N) is 1. The molecule has 3 nitrogen and oxygen atoms in total. The van der Waals surface area contributed by atoms with Crippen molar-refractivity contribution < 1.29 is 9.53 Å². The van der Waals surface area contributed by atoms with Crippen LogP contribution in [0.5, 0.6) is 0 Å². The summed E-state index contributed by atoms with van der Waals surface area (Å²) in [6, 6.07) is 4.18. The number of alkyl carbamates (subject to hydrolysis) is 1. The van der Waals surface area contributed by atoms with Gasteiger partial charge >= 0.3 is 6.09 Å². The molecule has 0 atom stereocenters. The van der Waals surface area contributed by atoms with Gasteiger partial charge in [-0.2, -0.15) is 11.3 Å². The highest BCUT2D eigenvalue weighted by Gasteiger charge is 2.15. The fourth-order valence-electron chi connectivity index (χ4n) is 1.22. The van der Waals surface area contributed by atoms with Crippen molar-refractivity contribution in [3.8, 4) is 0 Å². The molecule has 1 aromatic rings. The number of thiophene rings is 1. The smallest absolute Gasteiger partial charge is 0.407 e. The van der Waals surface area contributed by atoms with Gasteiger partial charge in [-0.05, 0) is 38.0 Å². The Labute approximate surface area is 102 Å². The van der Waals surface area contributed by atoms with Crippen LogP contribution in [0.4, 0.5) is 4.79 Å². The molecular formula is C11H18BNO2S. The van der Waals surface area contributed by atoms with Gasteiger partial charge in [0, 0.05) is 11.4 Å². The zero-order valence-corrected chi connectivity index (χ0v) is 11.1. The van der Waals surface area contributed by atoms with E-state index < -0.39 is 5.60 Å². The van der Waals surface area contributed by atoms with Crippen LogP contribution in [0, 0.1) is 0 Å². The van der Waals surface area contributed by atoms with Crippen LogP contribution in [0.15, 0.2) is 12.1 Å². The van der Waals surface area contributed by atoms with Gasteiger partial charge in [0.25, 0.3) is 0 Å². The summed E-state index contributed by atoms with van der Waals surface area (Å²) in [5.74, 6) is 0. The predicted molar refractivity (Wildman–Crippen MR) is 70.4 cm³/mol. The van der Waals surface area contributed by atoms with E-state index in [0.717, 1.165) is 6.42 Å². The molecule has 0 fully saturated rings. The second-order valence-electron chi connectivity index (χ2n) is 4.69. The standard InChI is InChI=1S/C11H18BNO2S/c1-11(2,3)15-10(14)13-7-6-8-4-5-9(12)16-8/h4-5H,6-7,12H2,1-3H3,(H,13,14). The topological polar surface area (TPSA) is 38.3 Å². The first-order valence-electron chi connectivity index (χ1n) is 5.39. The number of ether oxygens (including phenoxy) is 1. The van der Waals surface area contributed by atoms with Crippen LogP contribution in [-0.2, 0) is 11.2 Å². The molecule has 0 unspecified atom stereocenters. The van der Waals surface area contributed by atoms with Gasteiger partial charge in [-0.15, -0.1) is 0 Å². The largest absolute Gasteiger partial charge is 0.444 e. The van der Waals surface area contributed by atoms with Gasteiger partial charge in [-0.3, -0.25) is 0 Å². The Morgan fingerprint density at radius 1 is 1.50 bits per heavy atom. The molecule has 0 saturated carbocycles. The van der Waals surface area contributed by atoms with Crippen molar-refractivity contribution in [2.45, 2.75) is 32.8 Å². The average Bonchev–Trinajstić information content (AvgIpc) is 2.48. The maximum Gasteiger partial charge on any atom is 0.407 e. The third kappa shape index (κ3) is 5.21. The molecule has 1 rings (SSSR count). The number of carbonyl (C=O) groups excluding carboxylic acids is 1. The third-order valence-electron chi connectivity index (χ3n) is 1.84. The molecule has 0 saturated heterocycles. The van der Waals surface area contributed by atoms with E-state index in [9.17, 15) is 4.79 Å². The van der Waals surface area contributed by atoms with Crippen molar-refractivity contribution in [3.63, 3.8) is 0 Å². The van der Waals surface area contributed by atoms with Crippen LogP contribution in [0.25, 0.3) is 0 Å². The molecule has 0 aliphatic carbocycles. The van der Waals surface area contributed by atoms with Crippen LogP contribution in [0.1, 0.15) is 25.6 Å². The summed E-state index contributed by atoms with van der Waals surface area (Å²) in [6.45, 7) is 6.19. The Morgan fingerprint density at radius 2 is 2.19 bits per heavy atom. The second-order valence-corrected chi connectivity index (χ2v) is 6.06. The summed E-state index contributed by atoms with van der Waals surface area (Å²) in [5, 5.41) is 2.74. The van der Waals surface area contributed by atoms with E-state index in [1.807, 2.05) is 20.8 Å². The highest BCUT2D eigenvalue weighted by atomic mass is 32.1. The summed E-state index contributed by atoms with van der Waals surface area (Å²) in [6.07, 6.45) is 0.512. The Balaban J connectivity index is 2.23. The van der Waals surface area contributed by atoms with Gasteiger partial charge in [-0.25, -0.2) is 4.79 Å². The quantitative estimate of drug-likeness (QED) is 0.801. The lowest BCUT2D eigenvalue weighted by atomic mass is 10.1. The lowest BCUT2D eigenvalue weighted by Crippen LogP contribution is -2.33. The number of carbonyl (C=O) groups is 1. The summed E-state index contributed by atoms with van der Waals surface area (Å²) >= 11 is 1.76. The molecule has 5 heteroatoms. The highest BCUT2D eigenvalue weighted by molar-refractivity contribution is 7.20. The summed E-state index contributed by atoms with van der Waals surface area (Å²) in [7, 11) is 2.08. The average molecular weight is 239 g/mol. The first-order valence-corrected chi connectivity index (χ1v) is 6.20. The van der Waals surface area contributed by atoms with E-state index in [1.165, 1.54) is 9.65 Å². The fraction of sp³-hybridized carbons (Fsp3) is 0.545. The zero-order chi connectivity index (χ0) is 12.2. The Morgan fingerprint density at radius 3 is 2.69 bits per heavy atom. The third-order valence-corrected chi connectivity index (χ3v) is 2.90. The molecule has 0 spiro atoms. The molecule has 88 valence electrons. The molecule has 0 aromatic carbocycles. The Kier molecular flexibility index (Phi) is 4.41. The molecule has 1 heterocycles. The van der Waals surface area contributed by atoms with E-state index in [4.69, 9.17) is 4.74 Å². The van der Waals surface area contributed by atoms with Crippen LogP contribution < -0.4 is 10.1 Å². The molecule has 0 bridgehead atoms. The van der Waals surface area contributed by atoms with Gasteiger partial charge < -0.3 is 10.1 Å². The van der Waals surface area contributed by atoms with Gasteiger partial charge in [0.15, 0.2) is 7.85 Å². The van der Waals surface area contributed by atoms with Gasteiger partial charge in [0.1, 0.15) is 5.60 Å². The molecule has 1 amide bonds. The lowest BCUT2D eigenvalue weighted by Gasteiger charge is -2.19. The highest BCUT2D eigenvalue weighted by Crippen LogP contribution is 2.07. The maximum atomic E-state index is 11.3. The summed E-state index contributed by atoms with van der Waals surface area (Å²) < 4.78 is 6.43. The SMILES string of the molecule is Bc1ccc(CCNC(=O)OC(C)(C)C)s1. The molecular weight excluding hydrogens is 221 g/mol. The molecule has 1 N–H and O–H groups in total. The minimum atomic E-state index is -0.427. The predicted octanol–water partition coefficient (Wildman–Crippen LogP) is 1.07. The number of amides is 1. The Hall–Kier alpha value is -0.965. The zero-order valence-electron chi connectivity index (χ0n) is 10.3. The van der Waals surface area contributed by atoms with Gasteiger partial charge in [0.05, 0.1) is 0 Å². The van der Waals surface area contributed by atoms with E-state index in [1.54, 1.807) is 11.3 Å². The van der Waals surface area contributed by atoms with Crippen molar-refractivity contribution in [2.24, 2.45) is 0 Å². The van der Waals surface area contributed by atoms with E-state index >= 15 is 0 Å². The molecule has 16 heavy (non-hydrogen) atoms. The van der Waals surface area contributed by atoms with Crippen LogP contribution in [0.2, 0.25) is 0 Å². The normalized spacial score (nSPS) is 11.2. The minimum Gasteiger partial charge on any atom is -0.444 e. The van der Waals surface area contributed by atoms with Crippen molar-refractivity contribution >= 4 is 30.1 Å². The minimum absolute atomic E-state index is 0.347. The van der Waals surface area contributed by atoms with Gasteiger partial charge in [-0.1, -0.05) is 6.07 Å². The van der Waals surface area contributed by atoms with Crippen molar-refractivity contribution in [2.75, 3.05) is 6.54 Å². The van der Waals surface area contributed by atoms with Crippen molar-refractivity contribution in [1.29, 1.82) is 0 Å². The monoisotopic (exact) mass is 239 g/mol. The van der Waals surface area contributed by atoms with E-state index in [2.05, 4.69) is 25.3 Å². The van der Waals surface area contributed by atoms with Crippen LogP contribution in [-0.4, -0.2) is 26.1 Å². The molecule has 0 aliphatic heterocycles. The molecule has 0 aliphatic rings. The number of rotatable bonds is 3. The first-order chi connectivity index (χ1) is 7.37. The van der Waals surface area contributed by atoms with Crippen molar-refractivity contribution in [1.82, 2.24) is 5.32 Å². The lowest BCUT2D eigenvalue weighted by molar-refractivity contribution is 0.0528. The summed E-state index contributed by atoms with van der Waals surface area (Å²) in [4.78, 5) is 12.6. The van der Waals surface area contributed by atoms with Gasteiger partial charge in [0.2, 0.25) is 0 Å². The maximum absolute atomic E-state index is 11.3. The van der Waals surface area contributed by atoms with Crippen LogP contribution in [0.3, 0.4) is 0 Å². The van der Waals surface area contributed by atoms with Crippen LogP contribution >= 0.6 is 11.3 Å². The molecule has 0 radical (unpaired) electrons. The molecule has 1 aromatic heterocycles. The first kappa shape index (κ1) is 13.1. The number of hydrogen-bond donors (Lipinski definition) is 1.